The first-order chi connectivity index (χ1) is 12.6. The predicted molar refractivity (Wildman–Crippen MR) is 108 cm³/mol. The normalized spacial score (nSPS) is 15.9. The fraction of sp³-hybridized carbons (Fsp3) is 0.500. The number of likely N-dealkylation sites (N-methyl/N-ethyl adjacent to an activating group) is 1. The maximum atomic E-state index is 12.9. The molecule has 1 atom stereocenters. The Balaban J connectivity index is 0.00000261. The van der Waals surface area contributed by atoms with Crippen molar-refractivity contribution in [1.29, 1.82) is 0 Å². The van der Waals surface area contributed by atoms with E-state index in [-0.39, 0.29) is 24.4 Å². The van der Waals surface area contributed by atoms with Crippen molar-refractivity contribution in [3.05, 3.63) is 47.8 Å². The van der Waals surface area contributed by atoms with Crippen molar-refractivity contribution in [3.63, 3.8) is 0 Å². The Morgan fingerprint density at radius 3 is 2.48 bits per heavy atom. The fourth-order valence-electron chi connectivity index (χ4n) is 3.66. The van der Waals surface area contributed by atoms with E-state index >= 15 is 0 Å². The molecular formula is C20H29ClN4O2. The Kier molecular flexibility index (Phi) is 7.68. The van der Waals surface area contributed by atoms with E-state index in [1.165, 1.54) is 5.56 Å². The van der Waals surface area contributed by atoms with Crippen molar-refractivity contribution in [3.8, 4) is 5.75 Å². The van der Waals surface area contributed by atoms with E-state index in [2.05, 4.69) is 22.5 Å². The van der Waals surface area contributed by atoms with E-state index in [0.717, 1.165) is 43.7 Å². The van der Waals surface area contributed by atoms with Crippen LogP contribution in [0.3, 0.4) is 0 Å². The van der Waals surface area contributed by atoms with Crippen molar-refractivity contribution < 1.29 is 9.53 Å². The van der Waals surface area contributed by atoms with Crippen LogP contribution in [0.2, 0.25) is 0 Å². The van der Waals surface area contributed by atoms with Crippen LogP contribution in [0.15, 0.2) is 36.7 Å². The van der Waals surface area contributed by atoms with Crippen molar-refractivity contribution in [2.24, 2.45) is 13.0 Å². The third kappa shape index (κ3) is 5.23. The quantitative estimate of drug-likeness (QED) is 0.820. The molecule has 1 aliphatic rings. The molecule has 7 heteroatoms. The van der Waals surface area contributed by atoms with Crippen LogP contribution in [0.4, 0.5) is 0 Å². The van der Waals surface area contributed by atoms with Gasteiger partial charge in [-0.05, 0) is 49.9 Å². The maximum absolute atomic E-state index is 12.9. The molecule has 1 fully saturated rings. The van der Waals surface area contributed by atoms with Crippen LogP contribution in [-0.2, 0) is 18.3 Å². The Bertz CT molecular complexity index is 724. The summed E-state index contributed by atoms with van der Waals surface area (Å²) < 4.78 is 6.94. The third-order valence-corrected chi connectivity index (χ3v) is 5.20. The summed E-state index contributed by atoms with van der Waals surface area (Å²) >= 11 is 0. The highest BCUT2D eigenvalue weighted by atomic mass is 35.5. The molecule has 0 bridgehead atoms. The average molecular weight is 393 g/mol. The lowest BCUT2D eigenvalue weighted by Crippen LogP contribution is -2.44. The molecule has 2 aromatic rings. The molecule has 0 spiro atoms. The first-order valence-corrected chi connectivity index (χ1v) is 9.18. The molecule has 27 heavy (non-hydrogen) atoms. The lowest BCUT2D eigenvalue weighted by molar-refractivity contribution is -0.134. The van der Waals surface area contributed by atoms with Gasteiger partial charge in [0.15, 0.2) is 0 Å². The van der Waals surface area contributed by atoms with Gasteiger partial charge in [0, 0.05) is 31.9 Å². The molecule has 1 saturated heterocycles. The number of halogens is 1. The highest BCUT2D eigenvalue weighted by molar-refractivity contribution is 5.85. The molecule has 6 nitrogen and oxygen atoms in total. The summed E-state index contributed by atoms with van der Waals surface area (Å²) in [7, 11) is 5.38. The monoisotopic (exact) mass is 392 g/mol. The number of ether oxygens (including phenoxy) is 1. The Labute approximate surface area is 167 Å². The number of benzene rings is 1. The second-order valence-corrected chi connectivity index (χ2v) is 6.99. The third-order valence-electron chi connectivity index (χ3n) is 5.20. The van der Waals surface area contributed by atoms with E-state index in [9.17, 15) is 4.79 Å². The van der Waals surface area contributed by atoms with Gasteiger partial charge < -0.3 is 15.0 Å². The zero-order valence-electron chi connectivity index (χ0n) is 16.2. The summed E-state index contributed by atoms with van der Waals surface area (Å²) in [5, 5.41) is 7.32. The summed E-state index contributed by atoms with van der Waals surface area (Å²) in [6, 6.07) is 7.98. The van der Waals surface area contributed by atoms with Gasteiger partial charge in [0.2, 0.25) is 5.91 Å². The van der Waals surface area contributed by atoms with Crippen molar-refractivity contribution >= 4 is 18.3 Å². The summed E-state index contributed by atoms with van der Waals surface area (Å²) in [6.07, 6.45) is 6.80. The van der Waals surface area contributed by atoms with Gasteiger partial charge in [0.25, 0.3) is 0 Å². The SMILES string of the molecule is CNC(C(=O)N1CCC(Cc2ccc(OC)cc2)CC1)c1cnn(C)c1.Cl. The Morgan fingerprint density at radius 2 is 1.96 bits per heavy atom. The van der Waals surface area contributed by atoms with E-state index in [4.69, 9.17) is 4.74 Å². The zero-order chi connectivity index (χ0) is 18.5. The van der Waals surface area contributed by atoms with Crippen LogP contribution >= 0.6 is 12.4 Å². The highest BCUT2D eigenvalue weighted by Crippen LogP contribution is 2.25. The molecule has 1 aromatic heterocycles. The van der Waals surface area contributed by atoms with Gasteiger partial charge in [0.05, 0.1) is 13.3 Å². The molecule has 148 valence electrons. The van der Waals surface area contributed by atoms with Gasteiger partial charge in [-0.1, -0.05) is 12.1 Å². The Hall–Kier alpha value is -2.05. The minimum absolute atomic E-state index is 0. The first kappa shape index (κ1) is 21.3. The number of aryl methyl sites for hydroxylation is 1. The van der Waals surface area contributed by atoms with Crippen molar-refractivity contribution in [2.75, 3.05) is 27.2 Å². The molecule has 0 radical (unpaired) electrons. The lowest BCUT2D eigenvalue weighted by Gasteiger charge is -2.34. The molecule has 2 heterocycles. The van der Waals surface area contributed by atoms with Crippen LogP contribution in [0.5, 0.6) is 5.75 Å². The molecule has 1 aliphatic heterocycles. The number of nitrogens with one attached hydrogen (secondary N) is 1. The van der Waals surface area contributed by atoms with Gasteiger partial charge in [-0.15, -0.1) is 12.4 Å². The summed E-state index contributed by atoms with van der Waals surface area (Å²) in [4.78, 5) is 14.9. The second kappa shape index (κ2) is 9.76. The summed E-state index contributed by atoms with van der Waals surface area (Å²) in [6.45, 7) is 1.64. The molecular weight excluding hydrogens is 364 g/mol. The molecule has 1 amide bonds. The zero-order valence-corrected chi connectivity index (χ0v) is 17.0. The van der Waals surface area contributed by atoms with Gasteiger partial charge in [-0.25, -0.2) is 0 Å². The van der Waals surface area contributed by atoms with Crippen LogP contribution in [0.25, 0.3) is 0 Å². The Morgan fingerprint density at radius 1 is 1.30 bits per heavy atom. The van der Waals surface area contributed by atoms with E-state index in [1.807, 2.05) is 37.3 Å². The molecule has 1 unspecified atom stereocenters. The number of carbonyl (C=O) groups is 1. The number of hydrogen-bond donors (Lipinski definition) is 1. The number of nitrogens with zero attached hydrogens (tertiary/aromatic N) is 3. The first-order valence-electron chi connectivity index (χ1n) is 9.18. The molecule has 0 aliphatic carbocycles. The second-order valence-electron chi connectivity index (χ2n) is 6.99. The molecule has 1 aromatic carbocycles. The minimum atomic E-state index is -0.318. The van der Waals surface area contributed by atoms with Crippen LogP contribution < -0.4 is 10.1 Å². The van der Waals surface area contributed by atoms with Crippen LogP contribution in [0, 0.1) is 5.92 Å². The average Bonchev–Trinajstić information content (AvgIpc) is 3.09. The number of methoxy groups -OCH3 is 1. The standard InChI is InChI=1S/C20H28N4O2.ClH/c1-21-19(17-13-22-23(2)14-17)20(25)24-10-8-16(9-11-24)12-15-4-6-18(26-3)7-5-15;/h4-7,13-14,16,19,21H,8-12H2,1-3H3;1H. The minimum Gasteiger partial charge on any atom is -0.497 e. The fourth-order valence-corrected chi connectivity index (χ4v) is 3.66. The van der Waals surface area contributed by atoms with Crippen molar-refractivity contribution in [2.45, 2.75) is 25.3 Å². The molecule has 0 saturated carbocycles. The summed E-state index contributed by atoms with van der Waals surface area (Å²) in [5.41, 5.74) is 2.25. The molecule has 3 rings (SSSR count). The number of hydrogen-bond acceptors (Lipinski definition) is 4. The largest absolute Gasteiger partial charge is 0.497 e. The van der Waals surface area contributed by atoms with Gasteiger partial charge >= 0.3 is 0 Å². The van der Waals surface area contributed by atoms with Gasteiger partial charge in [-0.3, -0.25) is 9.48 Å². The maximum Gasteiger partial charge on any atom is 0.244 e. The molecule has 1 N–H and O–H groups in total. The number of piperidine rings is 1. The number of aromatic nitrogens is 2. The van der Waals surface area contributed by atoms with E-state index in [0.29, 0.717) is 5.92 Å². The van der Waals surface area contributed by atoms with Crippen molar-refractivity contribution in [1.82, 2.24) is 20.0 Å². The number of amides is 1. The summed E-state index contributed by atoms with van der Waals surface area (Å²) in [5.74, 6) is 1.66. The highest BCUT2D eigenvalue weighted by Gasteiger charge is 2.29. The topological polar surface area (TPSA) is 59.4 Å². The number of carbonyl (C=O) groups excluding carboxylic acids is 1. The van der Waals surface area contributed by atoms with E-state index in [1.54, 1.807) is 18.0 Å². The van der Waals surface area contributed by atoms with Gasteiger partial charge in [-0.2, -0.15) is 5.10 Å². The van der Waals surface area contributed by atoms with Gasteiger partial charge in [0.1, 0.15) is 11.8 Å². The lowest BCUT2D eigenvalue weighted by atomic mass is 9.90. The predicted octanol–water partition coefficient (Wildman–Crippen LogP) is 2.59. The number of likely N-dealkylation sites (tertiary alicyclic amines) is 1. The van der Waals surface area contributed by atoms with Crippen LogP contribution in [0.1, 0.15) is 30.0 Å². The smallest absolute Gasteiger partial charge is 0.244 e. The van der Waals surface area contributed by atoms with E-state index < -0.39 is 0 Å². The number of rotatable bonds is 6. The van der Waals surface area contributed by atoms with Crippen LogP contribution in [-0.4, -0.2) is 47.8 Å².